The molecule has 1 saturated heterocycles. The van der Waals surface area contributed by atoms with E-state index in [4.69, 9.17) is 19.3 Å². The molecule has 126 valence electrons. The van der Waals surface area contributed by atoms with Crippen molar-refractivity contribution in [1.82, 2.24) is 0 Å². The molecule has 0 amide bonds. The van der Waals surface area contributed by atoms with E-state index in [-0.39, 0.29) is 18.4 Å². The third-order valence-corrected chi connectivity index (χ3v) is 4.61. The van der Waals surface area contributed by atoms with Crippen LogP contribution in [0.25, 0.3) is 0 Å². The van der Waals surface area contributed by atoms with E-state index in [1.165, 1.54) is 0 Å². The van der Waals surface area contributed by atoms with Crippen LogP contribution < -0.4 is 9.47 Å². The fourth-order valence-electron chi connectivity index (χ4n) is 3.24. The number of aliphatic carboxylic acids is 1. The van der Waals surface area contributed by atoms with Crippen LogP contribution in [0.1, 0.15) is 43.6 Å². The monoisotopic (exact) mass is 320 g/mol. The van der Waals surface area contributed by atoms with Crippen molar-refractivity contribution in [3.8, 4) is 11.5 Å². The summed E-state index contributed by atoms with van der Waals surface area (Å²) in [6, 6.07) is 5.82. The van der Waals surface area contributed by atoms with E-state index in [2.05, 4.69) is 0 Å². The van der Waals surface area contributed by atoms with Crippen molar-refractivity contribution in [1.29, 1.82) is 0 Å². The molecule has 0 spiro atoms. The Bertz CT molecular complexity index is 546. The van der Waals surface area contributed by atoms with Gasteiger partial charge in [0.25, 0.3) is 0 Å². The van der Waals surface area contributed by atoms with Crippen LogP contribution in [0.15, 0.2) is 18.2 Å². The number of rotatable bonds is 7. The van der Waals surface area contributed by atoms with Crippen LogP contribution in [0.3, 0.4) is 0 Å². The second-order valence-corrected chi connectivity index (χ2v) is 6.41. The Balaban J connectivity index is 1.76. The lowest BCUT2D eigenvalue weighted by Crippen LogP contribution is -2.28. The van der Waals surface area contributed by atoms with Crippen molar-refractivity contribution in [3.05, 3.63) is 23.8 Å². The molecule has 1 heterocycles. The summed E-state index contributed by atoms with van der Waals surface area (Å²) in [5.74, 6) is 1.17. The molecule has 2 fully saturated rings. The summed E-state index contributed by atoms with van der Waals surface area (Å²) in [7, 11) is 1.62. The zero-order valence-electron chi connectivity index (χ0n) is 13.5. The van der Waals surface area contributed by atoms with E-state index in [9.17, 15) is 4.79 Å². The molecule has 1 aromatic rings. The molecule has 1 aliphatic carbocycles. The number of carboxylic acid groups (broad SMARTS) is 1. The molecule has 2 atom stereocenters. The number of carboxylic acids is 1. The van der Waals surface area contributed by atoms with Crippen LogP contribution in [0, 0.1) is 5.92 Å². The van der Waals surface area contributed by atoms with E-state index in [1.54, 1.807) is 7.11 Å². The summed E-state index contributed by atoms with van der Waals surface area (Å²) < 4.78 is 16.9. The quantitative estimate of drug-likeness (QED) is 0.835. The predicted molar refractivity (Wildman–Crippen MR) is 85.2 cm³/mol. The highest BCUT2D eigenvalue weighted by atomic mass is 16.5. The minimum atomic E-state index is -0.749. The number of hydrogen-bond acceptors (Lipinski definition) is 4. The molecule has 1 aliphatic heterocycles. The van der Waals surface area contributed by atoms with Gasteiger partial charge in [-0.25, -0.2) is 0 Å². The van der Waals surface area contributed by atoms with Gasteiger partial charge in [-0.2, -0.15) is 0 Å². The highest BCUT2D eigenvalue weighted by Crippen LogP contribution is 2.46. The van der Waals surface area contributed by atoms with Gasteiger partial charge in [0, 0.05) is 6.61 Å². The zero-order valence-corrected chi connectivity index (χ0v) is 13.5. The van der Waals surface area contributed by atoms with Crippen molar-refractivity contribution >= 4 is 5.97 Å². The van der Waals surface area contributed by atoms with Crippen LogP contribution in [-0.4, -0.2) is 37.5 Å². The summed E-state index contributed by atoms with van der Waals surface area (Å²) in [6.45, 7) is 1.41. The Labute approximate surface area is 136 Å². The minimum Gasteiger partial charge on any atom is -0.493 e. The number of benzene rings is 1. The van der Waals surface area contributed by atoms with Gasteiger partial charge in [0.1, 0.15) is 6.10 Å². The van der Waals surface area contributed by atoms with Gasteiger partial charge in [0.2, 0.25) is 0 Å². The molecule has 1 saturated carbocycles. The molecule has 1 aromatic carbocycles. The Morgan fingerprint density at radius 1 is 1.35 bits per heavy atom. The number of ether oxygens (including phenoxy) is 3. The first-order chi connectivity index (χ1) is 11.2. The molecular formula is C18H24O5. The smallest absolute Gasteiger partial charge is 0.303 e. The summed E-state index contributed by atoms with van der Waals surface area (Å²) in [4.78, 5) is 11.1. The number of carbonyl (C=O) groups is 1. The minimum absolute atomic E-state index is 0.0572. The summed E-state index contributed by atoms with van der Waals surface area (Å²) in [5, 5.41) is 9.15. The van der Waals surface area contributed by atoms with Crippen LogP contribution in [0.4, 0.5) is 0 Å². The normalized spacial score (nSPS) is 22.4. The van der Waals surface area contributed by atoms with Gasteiger partial charge in [-0.15, -0.1) is 0 Å². The molecule has 5 heteroatoms. The number of methoxy groups -OCH3 is 1. The average Bonchev–Trinajstić information content (AvgIpc) is 3.39. The Morgan fingerprint density at radius 3 is 2.78 bits per heavy atom. The van der Waals surface area contributed by atoms with Crippen LogP contribution in [0.2, 0.25) is 0 Å². The number of hydrogen-bond donors (Lipinski definition) is 1. The van der Waals surface area contributed by atoms with E-state index >= 15 is 0 Å². The van der Waals surface area contributed by atoms with E-state index in [0.717, 1.165) is 37.9 Å². The van der Waals surface area contributed by atoms with Crippen LogP contribution in [-0.2, 0) is 9.53 Å². The molecule has 2 unspecified atom stereocenters. The maximum atomic E-state index is 11.1. The largest absolute Gasteiger partial charge is 0.493 e. The molecule has 3 rings (SSSR count). The van der Waals surface area contributed by atoms with Crippen molar-refractivity contribution < 1.29 is 24.1 Å². The second-order valence-electron chi connectivity index (χ2n) is 6.41. The average molecular weight is 320 g/mol. The highest BCUT2D eigenvalue weighted by Gasteiger charge is 2.34. The predicted octanol–water partition coefficient (Wildman–Crippen LogP) is 3.22. The van der Waals surface area contributed by atoms with Crippen LogP contribution >= 0.6 is 0 Å². The van der Waals surface area contributed by atoms with Gasteiger partial charge in [-0.3, -0.25) is 4.79 Å². The molecule has 23 heavy (non-hydrogen) atoms. The maximum absolute atomic E-state index is 11.1. The molecule has 2 aliphatic rings. The van der Waals surface area contributed by atoms with E-state index in [0.29, 0.717) is 24.0 Å². The van der Waals surface area contributed by atoms with Crippen molar-refractivity contribution in [3.63, 3.8) is 0 Å². The van der Waals surface area contributed by atoms with Gasteiger partial charge in [-0.1, -0.05) is 6.07 Å². The Morgan fingerprint density at radius 2 is 2.17 bits per heavy atom. The van der Waals surface area contributed by atoms with Crippen molar-refractivity contribution in [2.45, 2.75) is 44.1 Å². The van der Waals surface area contributed by atoms with Gasteiger partial charge in [-0.05, 0) is 55.2 Å². The van der Waals surface area contributed by atoms with Crippen molar-refractivity contribution in [2.75, 3.05) is 20.3 Å². The lowest BCUT2D eigenvalue weighted by molar-refractivity contribution is -0.137. The third kappa shape index (κ3) is 4.16. The second kappa shape index (κ2) is 7.21. The van der Waals surface area contributed by atoms with E-state index < -0.39 is 5.97 Å². The fourth-order valence-corrected chi connectivity index (χ4v) is 3.24. The van der Waals surface area contributed by atoms with Crippen molar-refractivity contribution in [2.24, 2.45) is 5.92 Å². The Hall–Kier alpha value is -1.75. The van der Waals surface area contributed by atoms with Crippen LogP contribution in [0.5, 0.6) is 11.5 Å². The third-order valence-electron chi connectivity index (χ3n) is 4.61. The molecular weight excluding hydrogens is 296 g/mol. The summed E-state index contributed by atoms with van der Waals surface area (Å²) in [6.07, 6.45) is 4.43. The standard InChI is InChI=1S/C18H24O5/c1-21-17-9-13(15(10-18(19)20)12-4-5-12)6-7-16(17)23-14-3-2-8-22-11-14/h6-7,9,12,14-15H,2-5,8,10-11H2,1H3,(H,19,20). The molecule has 1 N–H and O–H groups in total. The first kappa shape index (κ1) is 16.1. The van der Waals surface area contributed by atoms with E-state index in [1.807, 2.05) is 18.2 Å². The molecule has 5 nitrogen and oxygen atoms in total. The lowest BCUT2D eigenvalue weighted by atomic mass is 9.91. The first-order valence-electron chi connectivity index (χ1n) is 8.31. The van der Waals surface area contributed by atoms with Gasteiger partial charge < -0.3 is 19.3 Å². The summed E-state index contributed by atoms with van der Waals surface area (Å²) in [5.41, 5.74) is 1.03. The highest BCUT2D eigenvalue weighted by molar-refractivity contribution is 5.68. The first-order valence-corrected chi connectivity index (χ1v) is 8.31. The maximum Gasteiger partial charge on any atom is 0.303 e. The molecule has 0 radical (unpaired) electrons. The van der Waals surface area contributed by atoms with Gasteiger partial charge >= 0.3 is 5.97 Å². The Kier molecular flexibility index (Phi) is 5.06. The topological polar surface area (TPSA) is 65.0 Å². The zero-order chi connectivity index (χ0) is 16.2. The lowest BCUT2D eigenvalue weighted by Gasteiger charge is -2.25. The van der Waals surface area contributed by atoms with Gasteiger partial charge in [0.15, 0.2) is 11.5 Å². The van der Waals surface area contributed by atoms with Gasteiger partial charge in [0.05, 0.1) is 20.1 Å². The summed E-state index contributed by atoms with van der Waals surface area (Å²) >= 11 is 0. The molecule has 0 bridgehead atoms. The fraction of sp³-hybridized carbons (Fsp3) is 0.611. The molecule has 0 aromatic heterocycles. The SMILES string of the molecule is COc1cc(C(CC(=O)O)C2CC2)ccc1OC1CCCOC1.